The Hall–Kier alpha value is -0.280. The highest BCUT2D eigenvalue weighted by molar-refractivity contribution is 4.97. The van der Waals surface area contributed by atoms with Crippen LogP contribution in [0.3, 0.4) is 0 Å². The first-order valence-electron chi connectivity index (χ1n) is 9.79. The molecule has 2 N–H and O–H groups in total. The van der Waals surface area contributed by atoms with Crippen molar-refractivity contribution in [2.75, 3.05) is 6.61 Å². The summed E-state index contributed by atoms with van der Waals surface area (Å²) in [5.41, 5.74) is 0. The van der Waals surface area contributed by atoms with Gasteiger partial charge in [-0.1, -0.05) is 27.7 Å². The number of ether oxygens (including phenoxy) is 5. The molecular weight excluding hydrogens is 340 g/mol. The first-order valence-corrected chi connectivity index (χ1v) is 9.79. The van der Waals surface area contributed by atoms with Gasteiger partial charge in [0.05, 0.1) is 12.7 Å². The van der Waals surface area contributed by atoms with Gasteiger partial charge in [-0.2, -0.15) is 0 Å². The van der Waals surface area contributed by atoms with E-state index in [4.69, 9.17) is 23.7 Å². The Morgan fingerprint density at radius 3 is 2.35 bits per heavy atom. The monoisotopic (exact) mass is 374 g/mol. The third-order valence-corrected chi connectivity index (χ3v) is 6.27. The summed E-state index contributed by atoms with van der Waals surface area (Å²) in [5, 5.41) is 19.6. The number of fused-ring (bicyclic) bond motifs is 1. The van der Waals surface area contributed by atoms with Crippen molar-refractivity contribution in [3.05, 3.63) is 0 Å². The van der Waals surface area contributed by atoms with Crippen LogP contribution in [-0.2, 0) is 23.7 Å². The van der Waals surface area contributed by atoms with Crippen LogP contribution in [-0.4, -0.2) is 65.7 Å². The maximum atomic E-state index is 10.2. The topological polar surface area (TPSA) is 86.6 Å². The van der Waals surface area contributed by atoms with Gasteiger partial charge in [0.2, 0.25) is 0 Å². The number of aliphatic hydroxyl groups excluding tert-OH is 2. The van der Waals surface area contributed by atoms with Crippen molar-refractivity contribution in [2.45, 2.75) is 96.9 Å². The molecule has 152 valence electrons. The van der Waals surface area contributed by atoms with E-state index in [-0.39, 0.29) is 12.0 Å². The van der Waals surface area contributed by atoms with Crippen molar-refractivity contribution < 1.29 is 33.9 Å². The molecule has 26 heavy (non-hydrogen) atoms. The minimum atomic E-state index is -1.07. The molecule has 0 aromatic rings. The average molecular weight is 374 g/mol. The quantitative estimate of drug-likeness (QED) is 0.756. The maximum absolute atomic E-state index is 10.2. The van der Waals surface area contributed by atoms with Crippen molar-refractivity contribution in [3.8, 4) is 0 Å². The fourth-order valence-corrected chi connectivity index (χ4v) is 4.34. The molecule has 0 aromatic heterocycles. The summed E-state index contributed by atoms with van der Waals surface area (Å²) in [7, 11) is 0. The van der Waals surface area contributed by atoms with Crippen molar-refractivity contribution in [1.29, 1.82) is 0 Å². The van der Waals surface area contributed by atoms with Crippen LogP contribution < -0.4 is 0 Å². The Morgan fingerprint density at radius 1 is 1.04 bits per heavy atom. The average Bonchev–Trinajstić information content (AvgIpc) is 3.07. The van der Waals surface area contributed by atoms with Gasteiger partial charge in [0.1, 0.15) is 24.4 Å². The Kier molecular flexibility index (Phi) is 6.00. The number of rotatable bonds is 5. The molecule has 3 aliphatic rings. The summed E-state index contributed by atoms with van der Waals surface area (Å²) in [6.45, 7) is 11.9. The van der Waals surface area contributed by atoms with Gasteiger partial charge in [-0.05, 0) is 32.1 Å². The van der Waals surface area contributed by atoms with Gasteiger partial charge in [-0.15, -0.1) is 0 Å². The highest BCUT2D eigenvalue weighted by Gasteiger charge is 2.58. The molecule has 0 aromatic carbocycles. The van der Waals surface area contributed by atoms with Gasteiger partial charge in [0.25, 0.3) is 0 Å². The predicted molar refractivity (Wildman–Crippen MR) is 93.1 cm³/mol. The lowest BCUT2D eigenvalue weighted by Crippen LogP contribution is -2.51. The van der Waals surface area contributed by atoms with Crippen molar-refractivity contribution in [3.63, 3.8) is 0 Å². The molecule has 3 heterocycles. The zero-order valence-corrected chi connectivity index (χ0v) is 16.6. The first kappa shape index (κ1) is 20.5. The van der Waals surface area contributed by atoms with E-state index >= 15 is 0 Å². The van der Waals surface area contributed by atoms with Crippen LogP contribution >= 0.6 is 0 Å². The molecule has 0 amide bonds. The van der Waals surface area contributed by atoms with Crippen LogP contribution in [0.4, 0.5) is 0 Å². The molecule has 0 saturated carbocycles. The number of aliphatic hydroxyl groups is 2. The third kappa shape index (κ3) is 3.68. The molecule has 3 unspecified atom stereocenters. The van der Waals surface area contributed by atoms with Crippen molar-refractivity contribution in [1.82, 2.24) is 0 Å². The van der Waals surface area contributed by atoms with Crippen LogP contribution in [0.1, 0.15) is 48.0 Å². The van der Waals surface area contributed by atoms with Gasteiger partial charge in [-0.25, -0.2) is 0 Å². The van der Waals surface area contributed by atoms with Crippen LogP contribution in [0.25, 0.3) is 0 Å². The maximum Gasteiger partial charge on any atom is 0.190 e. The van der Waals surface area contributed by atoms with E-state index in [1.54, 1.807) is 0 Å². The van der Waals surface area contributed by atoms with Gasteiger partial charge >= 0.3 is 0 Å². The first-order chi connectivity index (χ1) is 12.2. The summed E-state index contributed by atoms with van der Waals surface area (Å²) >= 11 is 0. The molecule has 3 aliphatic heterocycles. The molecule has 0 bridgehead atoms. The highest BCUT2D eigenvalue weighted by atomic mass is 16.8. The van der Waals surface area contributed by atoms with Gasteiger partial charge in [0.15, 0.2) is 18.4 Å². The molecular formula is C19H34O7. The fraction of sp³-hybridized carbons (Fsp3) is 1.00. The molecule has 0 spiro atoms. The summed E-state index contributed by atoms with van der Waals surface area (Å²) in [5.74, 6) is 0.300. The number of hydrogen-bond donors (Lipinski definition) is 2. The van der Waals surface area contributed by atoms with E-state index in [2.05, 4.69) is 27.7 Å². The molecule has 7 nitrogen and oxygen atoms in total. The summed E-state index contributed by atoms with van der Waals surface area (Å²) in [6, 6.07) is 0. The second-order valence-electron chi connectivity index (χ2n) is 8.45. The number of hydrogen-bond acceptors (Lipinski definition) is 7. The molecule has 3 rings (SSSR count). The fourth-order valence-electron chi connectivity index (χ4n) is 4.34. The minimum absolute atomic E-state index is 0.128. The van der Waals surface area contributed by atoms with E-state index in [1.165, 1.54) is 0 Å². The second kappa shape index (κ2) is 7.62. The Bertz CT molecular complexity index is 483. The molecule has 7 heteroatoms. The molecule has 3 saturated heterocycles. The van der Waals surface area contributed by atoms with E-state index < -0.39 is 49.4 Å². The van der Waals surface area contributed by atoms with E-state index in [1.807, 2.05) is 13.8 Å². The molecule has 10 atom stereocenters. The van der Waals surface area contributed by atoms with E-state index in [0.29, 0.717) is 11.8 Å². The van der Waals surface area contributed by atoms with Gasteiger partial charge in [-0.3, -0.25) is 0 Å². The molecule has 3 fully saturated rings. The lowest BCUT2D eigenvalue weighted by Gasteiger charge is -2.44. The molecule has 0 aliphatic carbocycles. The normalized spacial score (nSPS) is 49.2. The van der Waals surface area contributed by atoms with Gasteiger partial charge < -0.3 is 33.9 Å². The Morgan fingerprint density at radius 2 is 1.73 bits per heavy atom. The lowest BCUT2D eigenvalue weighted by atomic mass is 9.78. The summed E-state index contributed by atoms with van der Waals surface area (Å²) in [4.78, 5) is 0. The van der Waals surface area contributed by atoms with Crippen molar-refractivity contribution >= 4 is 0 Å². The van der Waals surface area contributed by atoms with E-state index in [9.17, 15) is 10.2 Å². The summed E-state index contributed by atoms with van der Waals surface area (Å²) < 4.78 is 30.1. The zero-order valence-electron chi connectivity index (χ0n) is 16.6. The van der Waals surface area contributed by atoms with E-state index in [0.717, 1.165) is 6.42 Å². The Balaban J connectivity index is 1.78. The predicted octanol–water partition coefficient (Wildman–Crippen LogP) is 1.64. The minimum Gasteiger partial charge on any atom is -0.394 e. The second-order valence-corrected chi connectivity index (χ2v) is 8.45. The zero-order chi connectivity index (χ0) is 19.2. The highest BCUT2D eigenvalue weighted by Crippen LogP contribution is 2.43. The lowest BCUT2D eigenvalue weighted by molar-refractivity contribution is -0.291. The van der Waals surface area contributed by atoms with Crippen molar-refractivity contribution in [2.24, 2.45) is 17.8 Å². The van der Waals surface area contributed by atoms with Crippen LogP contribution in [0.2, 0.25) is 0 Å². The largest absolute Gasteiger partial charge is 0.394 e. The smallest absolute Gasteiger partial charge is 0.190 e. The molecule has 0 radical (unpaired) electrons. The SMILES string of the molecule is CCC1O[C@@H](O[C@@H]2[C@H]3OC(C)(C)O[C@H]3O[C@@H]2C(O)CO)C(C)[C@@H](C)[C@H]1C. The standard InChI is InChI=1S/C19H34O7/c1-7-13-10(3)9(2)11(4)17(22-13)24-15-14(12(21)8-20)23-18-16(15)25-19(5,6)26-18/h9-18,20-21H,7-8H2,1-6H3/t9-,10+,11?,12?,13?,14+,15-,16+,17-,18+/m0/s1. The summed E-state index contributed by atoms with van der Waals surface area (Å²) in [6.07, 6.45) is -2.84. The Labute approximate surface area is 155 Å². The third-order valence-electron chi connectivity index (χ3n) is 6.27. The van der Waals surface area contributed by atoms with Crippen LogP contribution in [0.5, 0.6) is 0 Å². The van der Waals surface area contributed by atoms with Crippen LogP contribution in [0, 0.1) is 17.8 Å². The van der Waals surface area contributed by atoms with Crippen LogP contribution in [0.15, 0.2) is 0 Å². The van der Waals surface area contributed by atoms with Gasteiger partial charge in [0, 0.05) is 5.92 Å².